The number of hydrogen-bond donors (Lipinski definition) is 1. The van der Waals surface area contributed by atoms with Crippen molar-refractivity contribution in [3.05, 3.63) is 87.6 Å². The molecule has 0 bridgehead atoms. The zero-order valence-electron chi connectivity index (χ0n) is 18.0. The molecule has 0 saturated carbocycles. The monoisotopic (exact) mass is 477 g/mol. The van der Waals surface area contributed by atoms with Gasteiger partial charge in [-0.05, 0) is 41.5 Å². The second kappa shape index (κ2) is 9.40. The SMILES string of the molecule is O=C(/C=C/c1ccc2c(c1)OCO2)NCCn1ncc2c(=O)n(Cc3cccc(Cl)c3)cnc21. The number of nitrogens with one attached hydrogen (secondary N) is 1. The van der Waals surface area contributed by atoms with Gasteiger partial charge in [0, 0.05) is 17.6 Å². The van der Waals surface area contributed by atoms with E-state index in [-0.39, 0.29) is 18.3 Å². The van der Waals surface area contributed by atoms with Gasteiger partial charge >= 0.3 is 0 Å². The van der Waals surface area contributed by atoms with Gasteiger partial charge in [-0.1, -0.05) is 29.8 Å². The number of carbonyl (C=O) groups is 1. The minimum absolute atomic E-state index is 0.188. The van der Waals surface area contributed by atoms with Crippen LogP contribution in [0.15, 0.2) is 65.9 Å². The first-order valence-corrected chi connectivity index (χ1v) is 11.0. The number of halogens is 1. The average molecular weight is 478 g/mol. The Hall–Kier alpha value is -4.11. The molecule has 0 saturated heterocycles. The molecule has 2 aromatic carbocycles. The van der Waals surface area contributed by atoms with Crippen molar-refractivity contribution in [1.82, 2.24) is 24.6 Å². The molecule has 1 aliphatic heterocycles. The van der Waals surface area contributed by atoms with Crippen LogP contribution in [0.2, 0.25) is 5.02 Å². The molecule has 34 heavy (non-hydrogen) atoms. The standard InChI is InChI=1S/C24H20ClN5O4/c25-18-3-1-2-17(10-18)13-29-14-27-23-19(24(29)32)12-28-30(23)9-8-26-22(31)7-5-16-4-6-20-21(11-16)34-15-33-20/h1-7,10-12,14H,8-9,13,15H2,(H,26,31)/b7-5+. The highest BCUT2D eigenvalue weighted by atomic mass is 35.5. The van der Waals surface area contributed by atoms with Crippen LogP contribution in [-0.4, -0.2) is 38.6 Å². The molecule has 0 unspecified atom stereocenters. The van der Waals surface area contributed by atoms with Crippen LogP contribution in [0.4, 0.5) is 0 Å². The fourth-order valence-electron chi connectivity index (χ4n) is 3.64. The van der Waals surface area contributed by atoms with Crippen LogP contribution in [0.1, 0.15) is 11.1 Å². The van der Waals surface area contributed by atoms with E-state index in [0.717, 1.165) is 11.1 Å². The molecule has 10 heteroatoms. The van der Waals surface area contributed by atoms with E-state index in [1.807, 2.05) is 30.3 Å². The summed E-state index contributed by atoms with van der Waals surface area (Å²) >= 11 is 6.03. The van der Waals surface area contributed by atoms with Crippen molar-refractivity contribution < 1.29 is 14.3 Å². The smallest absolute Gasteiger partial charge is 0.264 e. The molecular formula is C24H20ClN5O4. The van der Waals surface area contributed by atoms with Gasteiger partial charge in [-0.25, -0.2) is 9.67 Å². The number of benzene rings is 2. The number of hydrogen-bond acceptors (Lipinski definition) is 6. The second-order valence-corrected chi connectivity index (χ2v) is 8.09. The molecule has 0 atom stereocenters. The highest BCUT2D eigenvalue weighted by molar-refractivity contribution is 6.30. The van der Waals surface area contributed by atoms with Crippen molar-refractivity contribution in [2.45, 2.75) is 13.1 Å². The van der Waals surface area contributed by atoms with Gasteiger partial charge in [0.2, 0.25) is 12.7 Å². The second-order valence-electron chi connectivity index (χ2n) is 7.65. The molecule has 0 radical (unpaired) electrons. The molecular weight excluding hydrogens is 458 g/mol. The fourth-order valence-corrected chi connectivity index (χ4v) is 3.85. The van der Waals surface area contributed by atoms with Crippen molar-refractivity contribution in [2.24, 2.45) is 0 Å². The minimum Gasteiger partial charge on any atom is -0.454 e. The molecule has 172 valence electrons. The molecule has 9 nitrogen and oxygen atoms in total. The molecule has 5 rings (SSSR count). The van der Waals surface area contributed by atoms with E-state index in [0.29, 0.717) is 47.2 Å². The molecule has 1 N–H and O–H groups in total. The Morgan fingerprint density at radius 1 is 1.18 bits per heavy atom. The number of amides is 1. The Balaban J connectivity index is 1.20. The third kappa shape index (κ3) is 4.65. The largest absolute Gasteiger partial charge is 0.454 e. The first-order valence-electron chi connectivity index (χ1n) is 10.6. The van der Waals surface area contributed by atoms with E-state index in [1.54, 1.807) is 22.9 Å². The van der Waals surface area contributed by atoms with E-state index in [4.69, 9.17) is 21.1 Å². The lowest BCUT2D eigenvalue weighted by atomic mass is 10.2. The third-order valence-electron chi connectivity index (χ3n) is 5.31. The van der Waals surface area contributed by atoms with E-state index in [1.165, 1.54) is 23.2 Å². The van der Waals surface area contributed by atoms with Gasteiger partial charge in [-0.2, -0.15) is 5.10 Å². The average Bonchev–Trinajstić information content (AvgIpc) is 3.46. The van der Waals surface area contributed by atoms with Crippen molar-refractivity contribution in [2.75, 3.05) is 13.3 Å². The van der Waals surface area contributed by atoms with Crippen molar-refractivity contribution in [3.63, 3.8) is 0 Å². The summed E-state index contributed by atoms with van der Waals surface area (Å²) in [4.78, 5) is 29.4. The number of ether oxygens (including phenoxy) is 2. The summed E-state index contributed by atoms with van der Waals surface area (Å²) in [7, 11) is 0. The Bertz CT molecular complexity index is 1460. The zero-order valence-corrected chi connectivity index (χ0v) is 18.7. The van der Waals surface area contributed by atoms with Crippen LogP contribution < -0.4 is 20.3 Å². The summed E-state index contributed by atoms with van der Waals surface area (Å²) in [5.74, 6) is 1.11. The number of aromatic nitrogens is 4. The molecule has 3 heterocycles. The normalized spacial score (nSPS) is 12.5. The van der Waals surface area contributed by atoms with Crippen LogP contribution in [0, 0.1) is 0 Å². The summed E-state index contributed by atoms with van der Waals surface area (Å²) in [5, 5.41) is 8.10. The van der Waals surface area contributed by atoms with E-state index in [9.17, 15) is 9.59 Å². The lowest BCUT2D eigenvalue weighted by Crippen LogP contribution is -2.26. The highest BCUT2D eigenvalue weighted by Gasteiger charge is 2.13. The maximum Gasteiger partial charge on any atom is 0.264 e. The topological polar surface area (TPSA) is 100 Å². The summed E-state index contributed by atoms with van der Waals surface area (Å²) in [6, 6.07) is 12.8. The third-order valence-corrected chi connectivity index (χ3v) is 5.55. The van der Waals surface area contributed by atoms with Gasteiger partial charge in [0.15, 0.2) is 17.1 Å². The summed E-state index contributed by atoms with van der Waals surface area (Å²) in [6.07, 6.45) is 6.15. The predicted octanol–water partition coefficient (Wildman–Crippen LogP) is 2.85. The molecule has 0 spiro atoms. The van der Waals surface area contributed by atoms with Gasteiger partial charge in [-0.15, -0.1) is 0 Å². The van der Waals surface area contributed by atoms with Crippen molar-refractivity contribution >= 4 is 34.6 Å². The van der Waals surface area contributed by atoms with Crippen LogP contribution in [0.5, 0.6) is 11.5 Å². The van der Waals surface area contributed by atoms with Crippen LogP contribution in [0.3, 0.4) is 0 Å². The highest BCUT2D eigenvalue weighted by Crippen LogP contribution is 2.32. The zero-order chi connectivity index (χ0) is 23.5. The Morgan fingerprint density at radius 3 is 2.94 bits per heavy atom. The molecule has 4 aromatic rings. The lowest BCUT2D eigenvalue weighted by molar-refractivity contribution is -0.116. The number of rotatable bonds is 7. The summed E-state index contributed by atoms with van der Waals surface area (Å²) in [6.45, 7) is 1.27. The van der Waals surface area contributed by atoms with Gasteiger partial charge in [0.1, 0.15) is 11.7 Å². The number of carbonyl (C=O) groups excluding carboxylic acids is 1. The summed E-state index contributed by atoms with van der Waals surface area (Å²) < 4.78 is 13.7. The van der Waals surface area contributed by atoms with Gasteiger partial charge in [0.25, 0.3) is 5.56 Å². The minimum atomic E-state index is -0.244. The van der Waals surface area contributed by atoms with Gasteiger partial charge in [-0.3, -0.25) is 14.2 Å². The maximum atomic E-state index is 12.8. The Labute approximate surface area is 199 Å². The molecule has 0 fully saturated rings. The lowest BCUT2D eigenvalue weighted by Gasteiger charge is -2.07. The molecule has 2 aromatic heterocycles. The van der Waals surface area contributed by atoms with E-state index < -0.39 is 0 Å². The Kier molecular flexibility index (Phi) is 6.01. The van der Waals surface area contributed by atoms with Gasteiger partial charge < -0.3 is 14.8 Å². The van der Waals surface area contributed by atoms with Crippen molar-refractivity contribution in [3.8, 4) is 11.5 Å². The van der Waals surface area contributed by atoms with Crippen molar-refractivity contribution in [1.29, 1.82) is 0 Å². The molecule has 0 aliphatic carbocycles. The molecule has 1 amide bonds. The maximum absolute atomic E-state index is 12.8. The predicted molar refractivity (Wildman–Crippen MR) is 127 cm³/mol. The number of fused-ring (bicyclic) bond motifs is 2. The van der Waals surface area contributed by atoms with Crippen LogP contribution >= 0.6 is 11.6 Å². The van der Waals surface area contributed by atoms with Crippen LogP contribution in [0.25, 0.3) is 17.1 Å². The first kappa shape index (κ1) is 21.7. The van der Waals surface area contributed by atoms with E-state index >= 15 is 0 Å². The summed E-state index contributed by atoms with van der Waals surface area (Å²) in [5.41, 5.74) is 2.01. The van der Waals surface area contributed by atoms with Gasteiger partial charge in [0.05, 0.1) is 19.3 Å². The van der Waals surface area contributed by atoms with E-state index in [2.05, 4.69) is 15.4 Å². The quantitative estimate of drug-likeness (QED) is 0.411. The Morgan fingerprint density at radius 2 is 2.06 bits per heavy atom. The fraction of sp³-hybridized carbons (Fsp3) is 0.167. The molecule has 1 aliphatic rings. The van der Waals surface area contributed by atoms with Crippen LogP contribution in [-0.2, 0) is 17.9 Å². The number of nitrogens with zero attached hydrogens (tertiary/aromatic N) is 4. The first-order chi connectivity index (χ1) is 16.6.